The van der Waals surface area contributed by atoms with Crippen molar-refractivity contribution < 1.29 is 18.7 Å². The second-order valence-corrected chi connectivity index (χ2v) is 4.01. The topological polar surface area (TPSA) is 48.7 Å². The first-order valence-electron chi connectivity index (χ1n) is 6.17. The van der Waals surface area contributed by atoms with Crippen molar-refractivity contribution in [3.63, 3.8) is 0 Å². The Morgan fingerprint density at radius 1 is 1.39 bits per heavy atom. The average Bonchev–Trinajstić information content (AvgIpc) is 3.03. The fourth-order valence-electron chi connectivity index (χ4n) is 1.59. The van der Waals surface area contributed by atoms with Gasteiger partial charge in [-0.25, -0.2) is 0 Å². The molecule has 2 heterocycles. The molecule has 0 saturated carbocycles. The van der Waals surface area contributed by atoms with Gasteiger partial charge >= 0.3 is 0 Å². The summed E-state index contributed by atoms with van der Waals surface area (Å²) < 4.78 is 15.9. The van der Waals surface area contributed by atoms with Crippen molar-refractivity contribution in [2.24, 2.45) is 0 Å². The highest BCUT2D eigenvalue weighted by molar-refractivity contribution is 6.07. The molecule has 0 amide bonds. The van der Waals surface area contributed by atoms with Crippen LogP contribution in [0.5, 0.6) is 0 Å². The molecule has 96 valence electrons. The molecule has 0 aromatic carbocycles. The molecule has 1 aliphatic rings. The molecule has 0 bridgehead atoms. The van der Waals surface area contributed by atoms with Gasteiger partial charge in [-0.3, -0.25) is 4.79 Å². The Morgan fingerprint density at radius 2 is 2.17 bits per heavy atom. The minimum Gasteiger partial charge on any atom is -0.451 e. The fraction of sp³-hybridized carbons (Fsp3) is 0.500. The lowest BCUT2D eigenvalue weighted by Gasteiger charge is -2.03. The fourth-order valence-corrected chi connectivity index (χ4v) is 1.59. The number of rotatable bonds is 4. The number of Topliss-reactive ketones (excluding diaryl/α,β-unsaturated/α-hetero) is 1. The minimum absolute atomic E-state index is 0.244. The van der Waals surface area contributed by atoms with E-state index in [0.29, 0.717) is 19.0 Å². The number of carbonyl (C=O) groups is 1. The summed E-state index contributed by atoms with van der Waals surface area (Å²) in [5, 5.41) is 0. The van der Waals surface area contributed by atoms with Gasteiger partial charge in [0.1, 0.15) is 0 Å². The summed E-state index contributed by atoms with van der Waals surface area (Å²) >= 11 is 0. The molecule has 1 saturated heterocycles. The number of hydrogen-bond acceptors (Lipinski definition) is 4. The molecule has 0 atom stereocenters. The summed E-state index contributed by atoms with van der Waals surface area (Å²) in [5.74, 6) is 5.88. The van der Waals surface area contributed by atoms with Crippen molar-refractivity contribution in [2.75, 3.05) is 13.2 Å². The van der Waals surface area contributed by atoms with Crippen LogP contribution >= 0.6 is 0 Å². The zero-order valence-corrected chi connectivity index (χ0v) is 10.4. The normalized spacial score (nSPS) is 15.4. The summed E-state index contributed by atoms with van der Waals surface area (Å²) in [7, 11) is 0. The number of hydrogen-bond donors (Lipinski definition) is 0. The lowest BCUT2D eigenvalue weighted by Crippen LogP contribution is -1.96. The van der Waals surface area contributed by atoms with E-state index in [-0.39, 0.29) is 11.5 Å². The van der Waals surface area contributed by atoms with Crippen LogP contribution in [0.3, 0.4) is 0 Å². The predicted molar refractivity (Wildman–Crippen MR) is 65.0 cm³/mol. The molecule has 0 radical (unpaired) electrons. The molecule has 0 N–H and O–H groups in total. The van der Waals surface area contributed by atoms with Crippen LogP contribution in [-0.2, 0) is 9.47 Å². The van der Waals surface area contributed by atoms with Crippen LogP contribution in [-0.4, -0.2) is 19.0 Å². The Bertz CT molecular complexity index is 458. The Labute approximate surface area is 106 Å². The van der Waals surface area contributed by atoms with Crippen LogP contribution in [0.2, 0.25) is 0 Å². The summed E-state index contributed by atoms with van der Waals surface area (Å²) in [5.41, 5.74) is 0. The highest BCUT2D eigenvalue weighted by Gasteiger charge is 2.22. The Kier molecular flexibility index (Phi) is 4.57. The molecule has 2 rings (SSSR count). The summed E-state index contributed by atoms with van der Waals surface area (Å²) in [6.07, 6.45) is 2.34. The van der Waals surface area contributed by atoms with E-state index in [4.69, 9.17) is 13.9 Å². The second kappa shape index (κ2) is 6.39. The van der Waals surface area contributed by atoms with Gasteiger partial charge < -0.3 is 13.9 Å². The van der Waals surface area contributed by atoms with Crippen LogP contribution in [0.1, 0.15) is 48.8 Å². The van der Waals surface area contributed by atoms with Gasteiger partial charge in [0.05, 0.1) is 13.2 Å². The van der Waals surface area contributed by atoms with Crippen molar-refractivity contribution >= 4 is 5.78 Å². The molecule has 1 aromatic heterocycles. The maximum atomic E-state index is 11.7. The first-order chi connectivity index (χ1) is 8.81. The highest BCUT2D eigenvalue weighted by atomic mass is 16.7. The maximum absolute atomic E-state index is 11.7. The maximum Gasteiger partial charge on any atom is 0.271 e. The third kappa shape index (κ3) is 3.22. The smallest absolute Gasteiger partial charge is 0.271 e. The van der Waals surface area contributed by atoms with Gasteiger partial charge in [0, 0.05) is 6.42 Å². The molecule has 0 spiro atoms. The van der Waals surface area contributed by atoms with Crippen LogP contribution in [0.4, 0.5) is 0 Å². The minimum atomic E-state index is -0.486. The van der Waals surface area contributed by atoms with E-state index in [1.165, 1.54) is 0 Å². The predicted octanol–water partition coefficient (Wildman–Crippen LogP) is 2.70. The number of ketones is 1. The third-order valence-corrected chi connectivity index (χ3v) is 2.56. The van der Waals surface area contributed by atoms with Gasteiger partial charge in [0.25, 0.3) is 5.78 Å². The Morgan fingerprint density at radius 3 is 2.89 bits per heavy atom. The number of carbonyl (C=O) groups excluding carboxylic acids is 1. The summed E-state index contributed by atoms with van der Waals surface area (Å²) in [6.45, 7) is 3.18. The lowest BCUT2D eigenvalue weighted by atomic mass is 10.2. The molecule has 1 aliphatic heterocycles. The van der Waals surface area contributed by atoms with Gasteiger partial charge in [0.15, 0.2) is 11.5 Å². The largest absolute Gasteiger partial charge is 0.451 e. The van der Waals surface area contributed by atoms with Gasteiger partial charge in [-0.15, -0.1) is 0 Å². The van der Waals surface area contributed by atoms with E-state index in [1.807, 2.05) is 0 Å². The van der Waals surface area contributed by atoms with Crippen molar-refractivity contribution in [3.05, 3.63) is 23.7 Å². The first-order valence-corrected chi connectivity index (χ1v) is 6.17. The van der Waals surface area contributed by atoms with Crippen molar-refractivity contribution in [3.8, 4) is 11.8 Å². The van der Waals surface area contributed by atoms with E-state index in [9.17, 15) is 4.79 Å². The zero-order chi connectivity index (χ0) is 12.8. The van der Waals surface area contributed by atoms with E-state index in [1.54, 1.807) is 12.1 Å². The second-order valence-electron chi connectivity index (χ2n) is 4.01. The molecule has 0 unspecified atom stereocenters. The van der Waals surface area contributed by atoms with Crippen LogP contribution in [0.15, 0.2) is 16.5 Å². The zero-order valence-electron chi connectivity index (χ0n) is 10.4. The van der Waals surface area contributed by atoms with Gasteiger partial charge in [-0.1, -0.05) is 19.3 Å². The van der Waals surface area contributed by atoms with Gasteiger partial charge in [-0.05, 0) is 24.5 Å². The van der Waals surface area contributed by atoms with Crippen molar-refractivity contribution in [1.82, 2.24) is 0 Å². The third-order valence-electron chi connectivity index (χ3n) is 2.56. The quantitative estimate of drug-likeness (QED) is 0.356. The summed E-state index contributed by atoms with van der Waals surface area (Å²) in [6, 6.07) is 3.30. The van der Waals surface area contributed by atoms with E-state index >= 15 is 0 Å². The Balaban J connectivity index is 1.95. The van der Waals surface area contributed by atoms with Crippen LogP contribution < -0.4 is 0 Å². The van der Waals surface area contributed by atoms with Crippen LogP contribution in [0, 0.1) is 11.8 Å². The summed E-state index contributed by atoms with van der Waals surface area (Å²) in [4.78, 5) is 11.7. The number of ether oxygens (including phenoxy) is 2. The average molecular weight is 248 g/mol. The van der Waals surface area contributed by atoms with Crippen molar-refractivity contribution in [2.45, 2.75) is 32.5 Å². The van der Waals surface area contributed by atoms with Gasteiger partial charge in [0.2, 0.25) is 6.29 Å². The molecule has 1 aromatic rings. The molecular weight excluding hydrogens is 232 g/mol. The Hall–Kier alpha value is -1.57. The first kappa shape index (κ1) is 12.9. The molecule has 0 aliphatic carbocycles. The van der Waals surface area contributed by atoms with Crippen LogP contribution in [0.25, 0.3) is 0 Å². The van der Waals surface area contributed by atoms with E-state index in [2.05, 4.69) is 18.8 Å². The highest BCUT2D eigenvalue weighted by Crippen LogP contribution is 2.24. The van der Waals surface area contributed by atoms with Crippen molar-refractivity contribution in [1.29, 1.82) is 0 Å². The molecule has 4 nitrogen and oxygen atoms in total. The van der Waals surface area contributed by atoms with Gasteiger partial charge in [-0.2, -0.15) is 0 Å². The van der Waals surface area contributed by atoms with E-state index in [0.717, 1.165) is 19.3 Å². The standard InChI is InChI=1S/C14H16O4/c1-2-3-4-5-6-11(15)12-7-8-13(18-12)14-16-9-10-17-14/h7-8,14H,2-4,9-10H2,1H3. The van der Waals surface area contributed by atoms with E-state index < -0.39 is 6.29 Å². The molecule has 1 fully saturated rings. The SMILES string of the molecule is CCCCC#CC(=O)c1ccc(C2OCCO2)o1. The molecule has 18 heavy (non-hydrogen) atoms. The number of furan rings is 1. The molecule has 4 heteroatoms. The lowest BCUT2D eigenvalue weighted by molar-refractivity contribution is -0.0591. The monoisotopic (exact) mass is 248 g/mol. The molecular formula is C14H16O4. The number of unbranched alkanes of at least 4 members (excludes halogenated alkanes) is 2.